The molecule has 0 aliphatic heterocycles. The molecule has 2 saturated carbocycles. The van der Waals surface area contributed by atoms with Gasteiger partial charge in [0.1, 0.15) is 12.2 Å². The van der Waals surface area contributed by atoms with Gasteiger partial charge in [-0.05, 0) is 98.8 Å². The Bertz CT molecular complexity index is 1330. The van der Waals surface area contributed by atoms with Gasteiger partial charge in [-0.25, -0.2) is 9.59 Å². The summed E-state index contributed by atoms with van der Waals surface area (Å²) in [6.45, 7) is 6.56. The van der Waals surface area contributed by atoms with Crippen LogP contribution in [-0.2, 0) is 14.3 Å². The van der Waals surface area contributed by atoms with Crippen LogP contribution in [0.1, 0.15) is 92.9 Å². The van der Waals surface area contributed by atoms with Gasteiger partial charge in [-0.15, -0.1) is 0 Å². The van der Waals surface area contributed by atoms with Crippen LogP contribution >= 0.6 is 0 Å². The molecule has 5 heteroatoms. The van der Waals surface area contributed by atoms with Crippen molar-refractivity contribution in [1.29, 1.82) is 0 Å². The van der Waals surface area contributed by atoms with E-state index in [-0.39, 0.29) is 46.7 Å². The molecule has 210 valence electrons. The smallest absolute Gasteiger partial charge is 0.338 e. The van der Waals surface area contributed by atoms with Gasteiger partial charge in [0.05, 0.1) is 11.1 Å². The number of benzene rings is 2. The molecule has 40 heavy (non-hydrogen) atoms. The molecule has 7 atom stereocenters. The minimum absolute atomic E-state index is 0.104. The highest BCUT2D eigenvalue weighted by molar-refractivity contribution is 5.99. The van der Waals surface area contributed by atoms with Crippen LogP contribution in [0.5, 0.6) is 0 Å². The van der Waals surface area contributed by atoms with Gasteiger partial charge in [-0.3, -0.25) is 4.79 Å². The third kappa shape index (κ3) is 4.52. The third-order valence-corrected chi connectivity index (χ3v) is 10.9. The van der Waals surface area contributed by atoms with Crippen molar-refractivity contribution in [3.63, 3.8) is 0 Å². The van der Waals surface area contributed by atoms with E-state index >= 15 is 0 Å². The Morgan fingerprint density at radius 1 is 0.875 bits per heavy atom. The molecule has 2 fully saturated rings. The lowest BCUT2D eigenvalue weighted by atomic mass is 9.50. The lowest BCUT2D eigenvalue weighted by Crippen LogP contribution is -2.49. The molecule has 4 aliphatic rings. The first-order valence-electron chi connectivity index (χ1n) is 15.0. The van der Waals surface area contributed by atoms with Gasteiger partial charge in [0.15, 0.2) is 5.78 Å². The number of ketones is 1. The van der Waals surface area contributed by atoms with Crippen molar-refractivity contribution in [2.75, 3.05) is 0 Å². The molecule has 2 aromatic carbocycles. The number of ether oxygens (including phenoxy) is 2. The number of allylic oxidation sites excluding steroid dienone is 2. The molecular weight excluding hydrogens is 500 g/mol. The van der Waals surface area contributed by atoms with Crippen molar-refractivity contribution in [3.05, 3.63) is 82.9 Å². The van der Waals surface area contributed by atoms with Gasteiger partial charge < -0.3 is 9.47 Å². The summed E-state index contributed by atoms with van der Waals surface area (Å²) in [5.74, 6) is 0.587. The van der Waals surface area contributed by atoms with E-state index in [1.807, 2.05) is 43.3 Å². The number of rotatable bonds is 5. The van der Waals surface area contributed by atoms with Gasteiger partial charge in [0.25, 0.3) is 0 Å². The maximum Gasteiger partial charge on any atom is 0.338 e. The number of carbonyl (C=O) groups excluding carboxylic acids is 3. The average molecular weight is 541 g/mol. The summed E-state index contributed by atoms with van der Waals surface area (Å²) < 4.78 is 11.9. The molecule has 0 spiro atoms. The van der Waals surface area contributed by atoms with E-state index in [4.69, 9.17) is 9.47 Å². The molecular formula is C35H40O5. The van der Waals surface area contributed by atoms with Crippen LogP contribution in [0.3, 0.4) is 0 Å². The second-order valence-electron chi connectivity index (χ2n) is 13.0. The van der Waals surface area contributed by atoms with Crippen LogP contribution in [-0.4, -0.2) is 29.9 Å². The zero-order valence-electron chi connectivity index (χ0n) is 23.9. The average Bonchev–Trinajstić information content (AvgIpc) is 3.30. The van der Waals surface area contributed by atoms with Crippen molar-refractivity contribution >= 4 is 17.7 Å². The summed E-state index contributed by atoms with van der Waals surface area (Å²) in [5, 5.41) is 0. The maximum absolute atomic E-state index is 14.0. The first-order valence-corrected chi connectivity index (χ1v) is 15.0. The van der Waals surface area contributed by atoms with Crippen molar-refractivity contribution in [2.45, 2.75) is 84.3 Å². The first kappa shape index (κ1) is 27.0. The monoisotopic (exact) mass is 540 g/mol. The van der Waals surface area contributed by atoms with Gasteiger partial charge >= 0.3 is 11.9 Å². The zero-order chi connectivity index (χ0) is 28.1. The van der Waals surface area contributed by atoms with Gasteiger partial charge in [0, 0.05) is 17.9 Å². The van der Waals surface area contributed by atoms with E-state index in [1.165, 1.54) is 5.57 Å². The topological polar surface area (TPSA) is 69.7 Å². The normalized spacial score (nSPS) is 33.8. The predicted molar refractivity (Wildman–Crippen MR) is 153 cm³/mol. The lowest BCUT2D eigenvalue weighted by molar-refractivity contribution is -0.124. The zero-order valence-corrected chi connectivity index (χ0v) is 23.9. The van der Waals surface area contributed by atoms with Crippen LogP contribution in [0.15, 0.2) is 71.8 Å². The lowest BCUT2D eigenvalue weighted by Gasteiger charge is -2.54. The Hall–Kier alpha value is -3.21. The standard InChI is InChI=1S/C35H40O5/c1-22(39-32(37)23-10-6-4-7-11-23)28-16-17-29-27-15-14-25-20-26(40-33(38)24-12-8-5-9-13-24)18-19-34(25,2)31(27)30(36)21-35(28,29)3/h4-13,22,25-26,28-29H,14-21H2,1-3H3/t22?,25?,26-,28?,29?,34?,35?/m1/s1. The summed E-state index contributed by atoms with van der Waals surface area (Å²) >= 11 is 0. The van der Waals surface area contributed by atoms with E-state index in [9.17, 15) is 14.4 Å². The summed E-state index contributed by atoms with van der Waals surface area (Å²) in [6.07, 6.45) is 6.60. The van der Waals surface area contributed by atoms with E-state index in [1.54, 1.807) is 24.3 Å². The van der Waals surface area contributed by atoms with E-state index in [0.717, 1.165) is 50.5 Å². The van der Waals surface area contributed by atoms with Crippen molar-refractivity contribution in [3.8, 4) is 0 Å². The Morgan fingerprint density at radius 2 is 1.52 bits per heavy atom. The summed E-state index contributed by atoms with van der Waals surface area (Å²) in [4.78, 5) is 39.6. The third-order valence-electron chi connectivity index (χ3n) is 10.9. The maximum atomic E-state index is 14.0. The number of fused-ring (bicyclic) bond motifs is 4. The molecule has 5 nitrogen and oxygen atoms in total. The fraction of sp³-hybridized carbons (Fsp3) is 0.514. The van der Waals surface area contributed by atoms with Crippen LogP contribution in [0.4, 0.5) is 0 Å². The van der Waals surface area contributed by atoms with Crippen molar-refractivity contribution < 1.29 is 23.9 Å². The van der Waals surface area contributed by atoms with Gasteiger partial charge in [0.2, 0.25) is 0 Å². The highest BCUT2D eigenvalue weighted by atomic mass is 16.5. The number of hydrogen-bond donors (Lipinski definition) is 0. The number of hydrogen-bond acceptors (Lipinski definition) is 5. The second-order valence-corrected chi connectivity index (χ2v) is 13.0. The second kappa shape index (κ2) is 10.3. The SMILES string of the molecule is CC(OC(=O)c1ccccc1)C1CCC2C3=C(C(=O)CC21C)C1(C)CC[C@@H](OC(=O)c2ccccc2)CC1CC3. The van der Waals surface area contributed by atoms with Crippen LogP contribution in [0.2, 0.25) is 0 Å². The Labute approximate surface area is 237 Å². The highest BCUT2D eigenvalue weighted by Gasteiger charge is 2.59. The fourth-order valence-corrected chi connectivity index (χ4v) is 8.88. The first-order chi connectivity index (χ1) is 19.2. The molecule has 4 aliphatic carbocycles. The van der Waals surface area contributed by atoms with Crippen LogP contribution in [0.25, 0.3) is 0 Å². The van der Waals surface area contributed by atoms with Crippen molar-refractivity contribution in [2.24, 2.45) is 28.6 Å². The van der Waals surface area contributed by atoms with Gasteiger partial charge in [-0.2, -0.15) is 0 Å². The summed E-state index contributed by atoms with van der Waals surface area (Å²) in [6, 6.07) is 18.3. The number of Topliss-reactive ketones (excluding diaryl/α,β-unsaturated/α-hetero) is 1. The number of carbonyl (C=O) groups is 3. The Balaban J connectivity index is 1.18. The molecule has 0 saturated heterocycles. The minimum Gasteiger partial charge on any atom is -0.459 e. The largest absolute Gasteiger partial charge is 0.459 e. The van der Waals surface area contributed by atoms with E-state index < -0.39 is 0 Å². The van der Waals surface area contributed by atoms with Crippen LogP contribution in [0, 0.1) is 28.6 Å². The molecule has 0 radical (unpaired) electrons. The molecule has 0 amide bonds. The molecule has 0 bridgehead atoms. The minimum atomic E-state index is -0.292. The van der Waals surface area contributed by atoms with E-state index in [0.29, 0.717) is 29.4 Å². The molecule has 6 unspecified atom stereocenters. The number of esters is 2. The predicted octanol–water partition coefficient (Wildman–Crippen LogP) is 7.36. The summed E-state index contributed by atoms with van der Waals surface area (Å²) in [5.41, 5.74) is 3.26. The Morgan fingerprint density at radius 3 is 2.20 bits per heavy atom. The molecule has 0 N–H and O–H groups in total. The summed E-state index contributed by atoms with van der Waals surface area (Å²) in [7, 11) is 0. The quantitative estimate of drug-likeness (QED) is 0.371. The molecule has 6 rings (SSSR count). The van der Waals surface area contributed by atoms with Gasteiger partial charge in [-0.1, -0.05) is 55.8 Å². The molecule has 0 heterocycles. The van der Waals surface area contributed by atoms with Crippen LogP contribution < -0.4 is 0 Å². The Kier molecular flexibility index (Phi) is 6.96. The molecule has 2 aromatic rings. The molecule has 0 aromatic heterocycles. The van der Waals surface area contributed by atoms with Crippen molar-refractivity contribution in [1.82, 2.24) is 0 Å². The highest BCUT2D eigenvalue weighted by Crippen LogP contribution is 2.64. The fourth-order valence-electron chi connectivity index (χ4n) is 8.88. The van der Waals surface area contributed by atoms with E-state index in [2.05, 4.69) is 13.8 Å².